The van der Waals surface area contributed by atoms with E-state index in [1.165, 1.54) is 0 Å². The minimum Gasteiger partial charge on any atom is -0.457 e. The molecule has 0 rings (SSSR count). The third kappa shape index (κ3) is 20.6. The first kappa shape index (κ1) is 27.1. The summed E-state index contributed by atoms with van der Waals surface area (Å²) >= 11 is 0. The second kappa shape index (κ2) is 22.4. The highest BCUT2D eigenvalue weighted by Gasteiger charge is 2.11. The van der Waals surface area contributed by atoms with Crippen LogP contribution in [-0.4, -0.2) is 35.5 Å². The third-order valence-electron chi connectivity index (χ3n) is 4.11. The second-order valence-electron chi connectivity index (χ2n) is 6.78. The van der Waals surface area contributed by atoms with Crippen LogP contribution in [0.15, 0.2) is 60.8 Å². The van der Waals surface area contributed by atoms with Crippen LogP contribution in [0.1, 0.15) is 71.1 Å². The summed E-state index contributed by atoms with van der Waals surface area (Å²) in [4.78, 5) is 11.5. The van der Waals surface area contributed by atoms with Gasteiger partial charge in [-0.15, -0.1) is 0 Å². The zero-order chi connectivity index (χ0) is 21.4. The lowest BCUT2D eigenvalue weighted by Crippen LogP contribution is -2.25. The van der Waals surface area contributed by atoms with E-state index in [0.29, 0.717) is 6.42 Å². The van der Waals surface area contributed by atoms with Crippen LogP contribution < -0.4 is 0 Å². The standard InChI is InChI=1S/C25H40O4/c1-2-3-4-5-6-7-8-9-10-11-12-13-14-15-16-17-18-19-20-21-25(28)29-24(22-26)23-27/h3-4,6-7,9-10,12-13,15-16,24,26-27H,2,5,8,11,14,17-23H2,1H3/b4-3-,7-6-,10-9-,13-12-,16-15-. The molecule has 0 atom stereocenters. The van der Waals surface area contributed by atoms with E-state index < -0.39 is 6.10 Å². The predicted molar refractivity (Wildman–Crippen MR) is 122 cm³/mol. The summed E-state index contributed by atoms with van der Waals surface area (Å²) in [6, 6.07) is 0. The summed E-state index contributed by atoms with van der Waals surface area (Å²) in [7, 11) is 0. The van der Waals surface area contributed by atoms with E-state index in [-0.39, 0.29) is 19.2 Å². The molecular formula is C25H40O4. The van der Waals surface area contributed by atoms with Gasteiger partial charge in [0.25, 0.3) is 0 Å². The summed E-state index contributed by atoms with van der Waals surface area (Å²) in [6.07, 6.45) is 30.3. The molecule has 29 heavy (non-hydrogen) atoms. The molecular weight excluding hydrogens is 364 g/mol. The van der Waals surface area contributed by atoms with E-state index in [9.17, 15) is 4.79 Å². The van der Waals surface area contributed by atoms with Crippen molar-refractivity contribution < 1.29 is 19.7 Å². The van der Waals surface area contributed by atoms with Gasteiger partial charge in [-0.05, 0) is 51.4 Å². The molecule has 0 unspecified atom stereocenters. The van der Waals surface area contributed by atoms with Crippen LogP contribution in [0.2, 0.25) is 0 Å². The fourth-order valence-electron chi connectivity index (χ4n) is 2.45. The predicted octanol–water partition coefficient (Wildman–Crippen LogP) is 5.58. The molecule has 0 saturated heterocycles. The zero-order valence-corrected chi connectivity index (χ0v) is 18.0. The van der Waals surface area contributed by atoms with Crippen LogP contribution in [0.25, 0.3) is 0 Å². The first-order chi connectivity index (χ1) is 14.2. The molecule has 0 aliphatic rings. The Morgan fingerprint density at radius 1 is 0.724 bits per heavy atom. The van der Waals surface area contributed by atoms with Gasteiger partial charge in [-0.3, -0.25) is 4.79 Å². The van der Waals surface area contributed by atoms with Crippen molar-refractivity contribution in [3.05, 3.63) is 60.8 Å². The number of ether oxygens (including phenoxy) is 1. The van der Waals surface area contributed by atoms with Crippen LogP contribution in [0.3, 0.4) is 0 Å². The van der Waals surface area contributed by atoms with E-state index >= 15 is 0 Å². The van der Waals surface area contributed by atoms with Crippen molar-refractivity contribution in [2.75, 3.05) is 13.2 Å². The molecule has 0 aliphatic carbocycles. The number of hydrogen-bond donors (Lipinski definition) is 2. The van der Waals surface area contributed by atoms with Crippen molar-refractivity contribution in [2.45, 2.75) is 77.2 Å². The first-order valence-corrected chi connectivity index (χ1v) is 10.9. The highest BCUT2D eigenvalue weighted by Crippen LogP contribution is 2.06. The molecule has 0 bridgehead atoms. The fraction of sp³-hybridized carbons (Fsp3) is 0.560. The minimum atomic E-state index is -0.788. The van der Waals surface area contributed by atoms with Gasteiger partial charge in [0.2, 0.25) is 0 Å². The number of unbranched alkanes of at least 4 members (excludes halogenated alkanes) is 3. The Kier molecular flexibility index (Phi) is 20.9. The molecule has 0 aliphatic heterocycles. The maximum absolute atomic E-state index is 11.5. The van der Waals surface area contributed by atoms with Crippen molar-refractivity contribution in [1.29, 1.82) is 0 Å². The van der Waals surface area contributed by atoms with E-state index in [2.05, 4.69) is 67.7 Å². The second-order valence-corrected chi connectivity index (χ2v) is 6.78. The van der Waals surface area contributed by atoms with Crippen molar-refractivity contribution in [1.82, 2.24) is 0 Å². The average Bonchev–Trinajstić information content (AvgIpc) is 2.73. The summed E-state index contributed by atoms with van der Waals surface area (Å²) in [5, 5.41) is 17.7. The lowest BCUT2D eigenvalue weighted by atomic mass is 10.1. The Labute approximate surface area is 177 Å². The molecule has 0 aromatic rings. The number of aliphatic hydroxyl groups excluding tert-OH is 2. The van der Waals surface area contributed by atoms with Gasteiger partial charge in [-0.1, -0.05) is 74.1 Å². The maximum Gasteiger partial charge on any atom is 0.306 e. The van der Waals surface area contributed by atoms with E-state index in [1.54, 1.807) is 0 Å². The van der Waals surface area contributed by atoms with E-state index in [4.69, 9.17) is 14.9 Å². The lowest BCUT2D eigenvalue weighted by Gasteiger charge is -2.12. The summed E-state index contributed by atoms with van der Waals surface area (Å²) in [6.45, 7) is 1.46. The van der Waals surface area contributed by atoms with E-state index in [1.807, 2.05) is 0 Å². The molecule has 0 aromatic carbocycles. The summed E-state index contributed by atoms with van der Waals surface area (Å²) in [5.41, 5.74) is 0. The number of carbonyl (C=O) groups is 1. The third-order valence-corrected chi connectivity index (χ3v) is 4.11. The van der Waals surface area contributed by atoms with Crippen LogP contribution in [0.5, 0.6) is 0 Å². The SMILES string of the molecule is CC/C=C\C/C=C\C/C=C\C/C=C\C/C=C\CCCCCC(=O)OC(CO)CO. The Morgan fingerprint density at radius 2 is 1.21 bits per heavy atom. The number of hydrogen-bond acceptors (Lipinski definition) is 4. The first-order valence-electron chi connectivity index (χ1n) is 10.9. The van der Waals surface area contributed by atoms with Crippen LogP contribution in [-0.2, 0) is 9.53 Å². The van der Waals surface area contributed by atoms with Gasteiger partial charge >= 0.3 is 5.97 Å². The molecule has 2 N–H and O–H groups in total. The molecule has 0 saturated carbocycles. The number of allylic oxidation sites excluding steroid dienone is 10. The lowest BCUT2D eigenvalue weighted by molar-refractivity contribution is -0.153. The highest BCUT2D eigenvalue weighted by atomic mass is 16.6. The monoisotopic (exact) mass is 404 g/mol. The molecule has 0 spiro atoms. The smallest absolute Gasteiger partial charge is 0.306 e. The molecule has 0 amide bonds. The molecule has 164 valence electrons. The van der Waals surface area contributed by atoms with Gasteiger partial charge < -0.3 is 14.9 Å². The molecule has 0 radical (unpaired) electrons. The van der Waals surface area contributed by atoms with Gasteiger partial charge in [0.05, 0.1) is 13.2 Å². The quantitative estimate of drug-likeness (QED) is 0.178. The minimum absolute atomic E-state index is 0.335. The molecule has 4 nitrogen and oxygen atoms in total. The number of esters is 1. The van der Waals surface area contributed by atoms with Gasteiger partial charge in [-0.2, -0.15) is 0 Å². The van der Waals surface area contributed by atoms with Gasteiger partial charge in [0.15, 0.2) is 0 Å². The van der Waals surface area contributed by atoms with Crippen molar-refractivity contribution >= 4 is 5.97 Å². The average molecular weight is 405 g/mol. The number of rotatable bonds is 18. The summed E-state index contributed by atoms with van der Waals surface area (Å²) < 4.78 is 4.91. The van der Waals surface area contributed by atoms with Gasteiger partial charge in [-0.25, -0.2) is 0 Å². The molecule has 4 heteroatoms. The molecule has 0 heterocycles. The van der Waals surface area contributed by atoms with Crippen molar-refractivity contribution in [3.63, 3.8) is 0 Å². The Balaban J connectivity index is 3.52. The molecule has 0 fully saturated rings. The number of aliphatic hydroxyl groups is 2. The summed E-state index contributed by atoms with van der Waals surface area (Å²) in [5.74, 6) is -0.354. The Morgan fingerprint density at radius 3 is 1.69 bits per heavy atom. The topological polar surface area (TPSA) is 66.8 Å². The van der Waals surface area contributed by atoms with E-state index in [0.717, 1.165) is 57.8 Å². The molecule has 0 aromatic heterocycles. The largest absolute Gasteiger partial charge is 0.457 e. The zero-order valence-electron chi connectivity index (χ0n) is 18.0. The van der Waals surface area contributed by atoms with Crippen molar-refractivity contribution in [3.8, 4) is 0 Å². The van der Waals surface area contributed by atoms with Crippen LogP contribution >= 0.6 is 0 Å². The fourth-order valence-corrected chi connectivity index (χ4v) is 2.45. The van der Waals surface area contributed by atoms with Gasteiger partial charge in [0, 0.05) is 6.42 Å². The normalized spacial score (nSPS) is 12.7. The Hall–Kier alpha value is -1.91. The van der Waals surface area contributed by atoms with Crippen LogP contribution in [0, 0.1) is 0 Å². The van der Waals surface area contributed by atoms with Crippen LogP contribution in [0.4, 0.5) is 0 Å². The number of carbonyl (C=O) groups excluding carboxylic acids is 1. The van der Waals surface area contributed by atoms with Gasteiger partial charge in [0.1, 0.15) is 6.10 Å². The maximum atomic E-state index is 11.5. The van der Waals surface area contributed by atoms with Crippen molar-refractivity contribution in [2.24, 2.45) is 0 Å². The Bertz CT molecular complexity index is 511. The highest BCUT2D eigenvalue weighted by molar-refractivity contribution is 5.69.